The van der Waals surface area contributed by atoms with Gasteiger partial charge in [-0.05, 0) is 42.9 Å². The number of nitrogens with two attached hydrogens (primary N) is 1. The van der Waals surface area contributed by atoms with Gasteiger partial charge in [-0.15, -0.1) is 0 Å². The molecule has 1 aromatic rings. The van der Waals surface area contributed by atoms with Crippen molar-refractivity contribution in [2.24, 2.45) is 17.6 Å². The highest BCUT2D eigenvalue weighted by Gasteiger charge is 2.32. The molecule has 256 valence electrons. The molecule has 10 N–H and O–H groups in total. The van der Waals surface area contributed by atoms with Gasteiger partial charge in [0.25, 0.3) is 0 Å². The van der Waals surface area contributed by atoms with Crippen LogP contribution in [0.4, 0.5) is 0 Å². The second kappa shape index (κ2) is 19.7. The second-order valence-corrected chi connectivity index (χ2v) is 11.6. The molecule has 0 aliphatic rings. The van der Waals surface area contributed by atoms with Crippen LogP contribution in [0.1, 0.15) is 46.6 Å². The molecule has 16 nitrogen and oxygen atoms in total. The third-order valence-corrected chi connectivity index (χ3v) is 6.63. The standard InChI is InChI=1S/C30H47N7O9/c1-16(2)10-21(27(43)32-13-25(42)35-23(15-39)29(45)33-18(5)14-38)36-30(46)26(17(3)4)37-28(44)22(34-24(41)12-31)11-19-6-8-20(40)9-7-19/h6-9,14,16-18,21-23,26,39-40H,10-13,15,31H2,1-5H3,(H,32,43)(H,33,45)(H,34,41)(H,35,42)(H,36,46)(H,37,44)/t18-,21-,22-,23-,26-/m0/s1. The van der Waals surface area contributed by atoms with Crippen molar-refractivity contribution < 1.29 is 43.8 Å². The van der Waals surface area contributed by atoms with Crippen molar-refractivity contribution in [1.29, 1.82) is 0 Å². The Hall–Kier alpha value is -4.57. The van der Waals surface area contributed by atoms with Gasteiger partial charge in [0, 0.05) is 6.42 Å². The van der Waals surface area contributed by atoms with E-state index in [0.717, 1.165) is 0 Å². The van der Waals surface area contributed by atoms with E-state index >= 15 is 0 Å². The van der Waals surface area contributed by atoms with Gasteiger partial charge in [0.05, 0.1) is 25.7 Å². The first-order valence-corrected chi connectivity index (χ1v) is 14.9. The molecule has 5 atom stereocenters. The van der Waals surface area contributed by atoms with Crippen LogP contribution >= 0.6 is 0 Å². The summed E-state index contributed by atoms with van der Waals surface area (Å²) in [6, 6.07) is 0.505. The summed E-state index contributed by atoms with van der Waals surface area (Å²) in [5.74, 6) is -4.73. The van der Waals surface area contributed by atoms with E-state index in [9.17, 15) is 43.8 Å². The maximum Gasteiger partial charge on any atom is 0.245 e. The summed E-state index contributed by atoms with van der Waals surface area (Å²) in [7, 11) is 0. The molecule has 6 amide bonds. The molecule has 1 rings (SSSR count). The molecule has 0 aliphatic heterocycles. The van der Waals surface area contributed by atoms with Crippen molar-refractivity contribution in [3.8, 4) is 5.75 Å². The highest BCUT2D eigenvalue weighted by Crippen LogP contribution is 2.13. The normalized spacial score (nSPS) is 14.2. The third kappa shape index (κ3) is 14.0. The summed E-state index contributed by atoms with van der Waals surface area (Å²) in [5, 5.41) is 33.8. The van der Waals surface area contributed by atoms with Gasteiger partial charge in [0.1, 0.15) is 36.2 Å². The molecule has 0 bridgehead atoms. The fourth-order valence-electron chi connectivity index (χ4n) is 4.17. The Bertz CT molecular complexity index is 1210. The van der Waals surface area contributed by atoms with Crippen LogP contribution in [0, 0.1) is 11.8 Å². The van der Waals surface area contributed by atoms with Crippen LogP contribution in [0.25, 0.3) is 0 Å². The van der Waals surface area contributed by atoms with Crippen LogP contribution in [-0.4, -0.2) is 102 Å². The highest BCUT2D eigenvalue weighted by atomic mass is 16.3. The maximum atomic E-state index is 13.4. The number of carbonyl (C=O) groups is 7. The average Bonchev–Trinajstić information content (AvgIpc) is 3.00. The molecule has 1 aromatic carbocycles. The molecular weight excluding hydrogens is 602 g/mol. The van der Waals surface area contributed by atoms with E-state index < -0.39 is 84.7 Å². The van der Waals surface area contributed by atoms with Crippen LogP contribution in [-0.2, 0) is 40.0 Å². The summed E-state index contributed by atoms with van der Waals surface area (Å²) in [4.78, 5) is 87.1. The number of nitrogens with one attached hydrogen (secondary N) is 6. The topological polar surface area (TPSA) is 258 Å². The van der Waals surface area contributed by atoms with Crippen molar-refractivity contribution in [2.75, 3.05) is 19.7 Å². The first kappa shape index (κ1) is 39.5. The average molecular weight is 650 g/mol. The minimum atomic E-state index is -1.36. The van der Waals surface area contributed by atoms with Gasteiger partial charge in [-0.2, -0.15) is 0 Å². The van der Waals surface area contributed by atoms with Crippen LogP contribution < -0.4 is 37.6 Å². The Kier molecular flexibility index (Phi) is 16.9. The fraction of sp³-hybridized carbons (Fsp3) is 0.567. The number of benzene rings is 1. The van der Waals surface area contributed by atoms with Crippen LogP contribution in [0.5, 0.6) is 5.75 Å². The van der Waals surface area contributed by atoms with E-state index in [1.54, 1.807) is 26.0 Å². The number of phenolic OH excluding ortho intramolecular Hbond substituents is 1. The van der Waals surface area contributed by atoms with E-state index in [-0.39, 0.29) is 31.1 Å². The van der Waals surface area contributed by atoms with E-state index in [0.29, 0.717) is 11.8 Å². The fourth-order valence-corrected chi connectivity index (χ4v) is 4.17. The predicted octanol–water partition coefficient (Wildman–Crippen LogP) is -2.65. The first-order chi connectivity index (χ1) is 21.6. The zero-order valence-corrected chi connectivity index (χ0v) is 26.8. The zero-order valence-electron chi connectivity index (χ0n) is 26.8. The Morgan fingerprint density at radius 2 is 1.35 bits per heavy atom. The predicted molar refractivity (Wildman–Crippen MR) is 167 cm³/mol. The molecule has 0 fully saturated rings. The number of aliphatic hydroxyl groups is 1. The van der Waals surface area contributed by atoms with Crippen molar-refractivity contribution >= 4 is 41.7 Å². The molecule has 0 saturated carbocycles. The first-order valence-electron chi connectivity index (χ1n) is 14.9. The molecule has 0 heterocycles. The van der Waals surface area contributed by atoms with Crippen LogP contribution in [0.15, 0.2) is 24.3 Å². The lowest BCUT2D eigenvalue weighted by Gasteiger charge is -2.28. The lowest BCUT2D eigenvalue weighted by Crippen LogP contribution is -2.59. The summed E-state index contributed by atoms with van der Waals surface area (Å²) in [5.41, 5.74) is 6.04. The SMILES string of the molecule is CC(C)C[C@H](NC(=O)[C@@H](NC(=O)[C@H](Cc1ccc(O)cc1)NC(=O)CN)C(C)C)C(=O)NCC(=O)N[C@@H](CO)C(=O)N[C@@H](C)C=O. The molecule has 0 aliphatic carbocycles. The summed E-state index contributed by atoms with van der Waals surface area (Å²) < 4.78 is 0. The van der Waals surface area contributed by atoms with E-state index in [1.807, 2.05) is 13.8 Å². The van der Waals surface area contributed by atoms with Crippen molar-refractivity contribution in [3.05, 3.63) is 29.8 Å². The molecule has 0 unspecified atom stereocenters. The van der Waals surface area contributed by atoms with Gasteiger partial charge >= 0.3 is 0 Å². The smallest absolute Gasteiger partial charge is 0.245 e. The molecule has 0 aromatic heterocycles. The molecule has 16 heteroatoms. The quantitative estimate of drug-likeness (QED) is 0.0703. The zero-order chi connectivity index (χ0) is 35.0. The lowest BCUT2D eigenvalue weighted by molar-refractivity contribution is -0.135. The third-order valence-electron chi connectivity index (χ3n) is 6.63. The van der Waals surface area contributed by atoms with Crippen molar-refractivity contribution in [2.45, 2.75) is 77.7 Å². The van der Waals surface area contributed by atoms with Crippen molar-refractivity contribution in [1.82, 2.24) is 31.9 Å². The maximum absolute atomic E-state index is 13.4. The minimum absolute atomic E-state index is 0.0235. The number of phenols is 1. The number of hydrogen-bond donors (Lipinski definition) is 9. The van der Waals surface area contributed by atoms with Crippen LogP contribution in [0.2, 0.25) is 0 Å². The number of aromatic hydroxyl groups is 1. The molecular formula is C30H47N7O9. The van der Waals surface area contributed by atoms with Gasteiger partial charge in [-0.25, -0.2) is 0 Å². The molecule has 0 spiro atoms. The number of aliphatic hydroxyl groups excluding tert-OH is 1. The summed E-state index contributed by atoms with van der Waals surface area (Å²) >= 11 is 0. The Labute approximate surface area is 268 Å². The van der Waals surface area contributed by atoms with Gasteiger partial charge in [0.2, 0.25) is 35.4 Å². The van der Waals surface area contributed by atoms with Crippen LogP contribution in [0.3, 0.4) is 0 Å². The summed E-state index contributed by atoms with van der Waals surface area (Å²) in [6.07, 6.45) is 0.696. The van der Waals surface area contributed by atoms with E-state index in [1.165, 1.54) is 19.1 Å². The van der Waals surface area contributed by atoms with Gasteiger partial charge < -0.3 is 52.6 Å². The summed E-state index contributed by atoms with van der Waals surface area (Å²) in [6.45, 7) is 6.71. The second-order valence-electron chi connectivity index (χ2n) is 11.6. The Balaban J connectivity index is 2.98. The minimum Gasteiger partial charge on any atom is -0.508 e. The van der Waals surface area contributed by atoms with Gasteiger partial charge in [-0.1, -0.05) is 39.8 Å². The monoisotopic (exact) mass is 649 g/mol. The number of rotatable bonds is 19. The van der Waals surface area contributed by atoms with E-state index in [2.05, 4.69) is 31.9 Å². The number of hydrogen-bond acceptors (Lipinski definition) is 10. The highest BCUT2D eigenvalue weighted by molar-refractivity contribution is 5.96. The molecule has 46 heavy (non-hydrogen) atoms. The van der Waals surface area contributed by atoms with Gasteiger partial charge in [0.15, 0.2) is 0 Å². The lowest BCUT2D eigenvalue weighted by atomic mass is 9.99. The van der Waals surface area contributed by atoms with Gasteiger partial charge in [-0.3, -0.25) is 28.8 Å². The van der Waals surface area contributed by atoms with Crippen molar-refractivity contribution in [3.63, 3.8) is 0 Å². The molecule has 0 radical (unpaired) electrons. The number of carbonyl (C=O) groups excluding carboxylic acids is 7. The Morgan fingerprint density at radius 1 is 0.761 bits per heavy atom. The molecule has 0 saturated heterocycles. The number of amides is 6. The number of aldehydes is 1. The largest absolute Gasteiger partial charge is 0.508 e. The van der Waals surface area contributed by atoms with E-state index in [4.69, 9.17) is 5.73 Å². The Morgan fingerprint density at radius 3 is 1.87 bits per heavy atom.